The molecule has 0 unspecified atom stereocenters. The minimum atomic E-state index is -3.40. The van der Waals surface area contributed by atoms with Gasteiger partial charge in [0, 0.05) is 13.2 Å². The van der Waals surface area contributed by atoms with E-state index in [0.717, 1.165) is 11.3 Å². The van der Waals surface area contributed by atoms with E-state index < -0.39 is 13.4 Å². The highest BCUT2D eigenvalue weighted by molar-refractivity contribution is 7.54. The van der Waals surface area contributed by atoms with Gasteiger partial charge in [-0.15, -0.1) is 0 Å². The standard InChI is InChI=1S/C18H32NO5P/c1-7-23-25(20,24-8-2)18(19-17(13-21-5)14(3)4)15-9-11-16(22-6)12-10-15/h9-12,14,17-19H,7-8,13H2,1-6H3/t17-,18+/m1/s1. The SMILES string of the molecule is CCOP(=O)(OCC)[C@H](N[C@H](COC)C(C)C)c1ccc(OC)cc1. The van der Waals surface area contributed by atoms with Crippen molar-refractivity contribution in [3.63, 3.8) is 0 Å². The Morgan fingerprint density at radius 2 is 1.60 bits per heavy atom. The van der Waals surface area contributed by atoms with Gasteiger partial charge >= 0.3 is 7.60 Å². The Bertz CT molecular complexity index is 525. The van der Waals surface area contributed by atoms with Gasteiger partial charge in [0.15, 0.2) is 0 Å². The summed E-state index contributed by atoms with van der Waals surface area (Å²) in [5.74, 6) is 0.445. The van der Waals surface area contributed by atoms with Gasteiger partial charge in [-0.2, -0.15) is 0 Å². The number of hydrogen-bond donors (Lipinski definition) is 1. The molecule has 0 radical (unpaired) electrons. The Balaban J connectivity index is 3.25. The van der Waals surface area contributed by atoms with Crippen LogP contribution in [0.1, 0.15) is 39.0 Å². The molecule has 1 N–H and O–H groups in total. The summed E-state index contributed by atoms with van der Waals surface area (Å²) in [4.78, 5) is 0. The molecule has 0 bridgehead atoms. The van der Waals surface area contributed by atoms with Crippen LogP contribution in [0.2, 0.25) is 0 Å². The second-order valence-electron chi connectivity index (χ2n) is 6.02. The van der Waals surface area contributed by atoms with Crippen molar-refractivity contribution in [2.45, 2.75) is 39.5 Å². The highest BCUT2D eigenvalue weighted by Gasteiger charge is 2.38. The molecule has 6 nitrogen and oxygen atoms in total. The number of methoxy groups -OCH3 is 2. The van der Waals surface area contributed by atoms with E-state index in [2.05, 4.69) is 19.2 Å². The lowest BCUT2D eigenvalue weighted by Crippen LogP contribution is -2.40. The van der Waals surface area contributed by atoms with Crippen molar-refractivity contribution in [3.05, 3.63) is 29.8 Å². The molecule has 0 aromatic heterocycles. The van der Waals surface area contributed by atoms with Crippen LogP contribution < -0.4 is 10.1 Å². The smallest absolute Gasteiger partial charge is 0.351 e. The Hall–Kier alpha value is -0.910. The third kappa shape index (κ3) is 6.39. The fourth-order valence-electron chi connectivity index (χ4n) is 2.52. The Labute approximate surface area is 151 Å². The fourth-order valence-corrected chi connectivity index (χ4v) is 4.52. The molecule has 0 fully saturated rings. The number of rotatable bonds is 12. The zero-order valence-electron chi connectivity index (χ0n) is 16.2. The summed E-state index contributed by atoms with van der Waals surface area (Å²) in [7, 11) is -0.128. The molecule has 1 aromatic carbocycles. The van der Waals surface area contributed by atoms with Gasteiger partial charge in [-0.1, -0.05) is 26.0 Å². The highest BCUT2D eigenvalue weighted by atomic mass is 31.2. The summed E-state index contributed by atoms with van der Waals surface area (Å²) in [5.41, 5.74) is 0.827. The van der Waals surface area contributed by atoms with E-state index >= 15 is 0 Å². The van der Waals surface area contributed by atoms with E-state index in [1.807, 2.05) is 38.1 Å². The van der Waals surface area contributed by atoms with E-state index in [0.29, 0.717) is 19.8 Å². The zero-order valence-corrected chi connectivity index (χ0v) is 17.0. The first-order chi connectivity index (χ1) is 11.9. The third-order valence-corrected chi connectivity index (χ3v) is 6.20. The summed E-state index contributed by atoms with van der Waals surface area (Å²) >= 11 is 0. The third-order valence-electron chi connectivity index (χ3n) is 3.89. The Morgan fingerprint density at radius 1 is 1.04 bits per heavy atom. The quantitative estimate of drug-likeness (QED) is 0.554. The Kier molecular flexibility index (Phi) is 9.69. The molecule has 0 saturated heterocycles. The molecule has 0 heterocycles. The molecule has 25 heavy (non-hydrogen) atoms. The van der Waals surface area contributed by atoms with E-state index in [1.165, 1.54) is 0 Å². The van der Waals surface area contributed by atoms with Crippen LogP contribution in [-0.2, 0) is 18.3 Å². The molecule has 0 saturated carbocycles. The maximum atomic E-state index is 13.5. The topological polar surface area (TPSA) is 66.0 Å². The van der Waals surface area contributed by atoms with Crippen molar-refractivity contribution < 1.29 is 23.1 Å². The molecule has 0 aliphatic heterocycles. The monoisotopic (exact) mass is 373 g/mol. The van der Waals surface area contributed by atoms with E-state index in [-0.39, 0.29) is 12.0 Å². The van der Waals surface area contributed by atoms with Gasteiger partial charge in [-0.3, -0.25) is 9.88 Å². The van der Waals surface area contributed by atoms with Crippen LogP contribution in [0.5, 0.6) is 5.75 Å². The van der Waals surface area contributed by atoms with Crippen LogP contribution in [0.15, 0.2) is 24.3 Å². The van der Waals surface area contributed by atoms with Crippen LogP contribution in [-0.4, -0.2) is 40.1 Å². The fraction of sp³-hybridized carbons (Fsp3) is 0.667. The molecule has 2 atom stereocenters. The summed E-state index contributed by atoms with van der Waals surface area (Å²) in [6.45, 7) is 8.92. The molecular weight excluding hydrogens is 341 g/mol. The summed E-state index contributed by atoms with van der Waals surface area (Å²) in [6.07, 6.45) is 0. The normalized spacial score (nSPS) is 14.5. The number of benzene rings is 1. The van der Waals surface area contributed by atoms with Crippen molar-refractivity contribution in [3.8, 4) is 5.75 Å². The van der Waals surface area contributed by atoms with Gasteiger partial charge in [0.25, 0.3) is 0 Å². The van der Waals surface area contributed by atoms with Crippen molar-refractivity contribution in [1.29, 1.82) is 0 Å². The molecule has 144 valence electrons. The molecule has 0 amide bonds. The second kappa shape index (κ2) is 10.9. The highest BCUT2D eigenvalue weighted by Crippen LogP contribution is 2.59. The summed E-state index contributed by atoms with van der Waals surface area (Å²) in [6, 6.07) is 7.45. The van der Waals surface area contributed by atoms with Gasteiger partial charge in [0.1, 0.15) is 11.5 Å². The first-order valence-corrected chi connectivity index (χ1v) is 10.3. The zero-order chi connectivity index (χ0) is 18.9. The maximum absolute atomic E-state index is 13.5. The van der Waals surface area contributed by atoms with Crippen LogP contribution in [0.25, 0.3) is 0 Å². The van der Waals surface area contributed by atoms with Gasteiger partial charge in [-0.05, 0) is 37.5 Å². The number of ether oxygens (including phenoxy) is 2. The van der Waals surface area contributed by atoms with E-state index in [4.69, 9.17) is 18.5 Å². The van der Waals surface area contributed by atoms with E-state index in [9.17, 15) is 4.57 Å². The summed E-state index contributed by atoms with van der Waals surface area (Å²) < 4.78 is 35.2. The van der Waals surface area contributed by atoms with Crippen molar-refractivity contribution in [1.82, 2.24) is 5.32 Å². The van der Waals surface area contributed by atoms with Gasteiger partial charge in [0.05, 0.1) is 26.9 Å². The minimum Gasteiger partial charge on any atom is -0.497 e. The van der Waals surface area contributed by atoms with Gasteiger partial charge < -0.3 is 18.5 Å². The van der Waals surface area contributed by atoms with Crippen LogP contribution >= 0.6 is 7.60 Å². The molecule has 1 aromatic rings. The van der Waals surface area contributed by atoms with Crippen molar-refractivity contribution >= 4 is 7.60 Å². The maximum Gasteiger partial charge on any atom is 0.351 e. The largest absolute Gasteiger partial charge is 0.497 e. The molecule has 0 spiro atoms. The molecular formula is C18H32NO5P. The average Bonchev–Trinajstić information content (AvgIpc) is 2.59. The number of nitrogens with one attached hydrogen (secondary N) is 1. The average molecular weight is 373 g/mol. The first kappa shape index (κ1) is 22.1. The molecule has 7 heteroatoms. The Morgan fingerprint density at radius 3 is 2.00 bits per heavy atom. The first-order valence-electron chi connectivity index (χ1n) is 8.69. The summed E-state index contributed by atoms with van der Waals surface area (Å²) in [5, 5.41) is 3.44. The van der Waals surface area contributed by atoms with Gasteiger partial charge in [0.2, 0.25) is 0 Å². The minimum absolute atomic E-state index is 0.00587. The van der Waals surface area contributed by atoms with Gasteiger partial charge in [-0.25, -0.2) is 0 Å². The van der Waals surface area contributed by atoms with Crippen LogP contribution in [0.3, 0.4) is 0 Å². The van der Waals surface area contributed by atoms with E-state index in [1.54, 1.807) is 14.2 Å². The van der Waals surface area contributed by atoms with Crippen LogP contribution in [0, 0.1) is 5.92 Å². The predicted octanol–water partition coefficient (Wildman–Crippen LogP) is 4.22. The number of hydrogen-bond acceptors (Lipinski definition) is 6. The molecule has 1 rings (SSSR count). The van der Waals surface area contributed by atoms with Crippen molar-refractivity contribution in [2.24, 2.45) is 5.92 Å². The van der Waals surface area contributed by atoms with Crippen molar-refractivity contribution in [2.75, 3.05) is 34.0 Å². The lowest BCUT2D eigenvalue weighted by Gasteiger charge is -2.32. The van der Waals surface area contributed by atoms with Crippen LogP contribution in [0.4, 0.5) is 0 Å². The predicted molar refractivity (Wildman–Crippen MR) is 100 cm³/mol. The molecule has 0 aliphatic rings. The second-order valence-corrected chi connectivity index (χ2v) is 8.14. The lowest BCUT2D eigenvalue weighted by atomic mass is 10.0. The lowest BCUT2D eigenvalue weighted by molar-refractivity contribution is 0.139. The molecule has 0 aliphatic carbocycles.